The maximum Gasteiger partial charge on any atom is 0.228 e. The summed E-state index contributed by atoms with van der Waals surface area (Å²) < 4.78 is 5.57. The number of likely N-dealkylation sites (N-methyl/N-ethyl adjacent to an activating group) is 1. The van der Waals surface area contributed by atoms with Crippen LogP contribution in [-0.2, 0) is 11.2 Å². The number of methoxy groups -OCH3 is 1. The van der Waals surface area contributed by atoms with Crippen molar-refractivity contribution in [3.05, 3.63) is 54.4 Å². The Morgan fingerprint density at radius 1 is 1.06 bits per heavy atom. The van der Waals surface area contributed by atoms with E-state index >= 15 is 0 Å². The molecule has 1 saturated heterocycles. The van der Waals surface area contributed by atoms with Crippen LogP contribution in [0.5, 0.6) is 5.75 Å². The minimum absolute atomic E-state index is 0.110. The topological polar surface area (TPSA) is 48.9 Å². The summed E-state index contributed by atoms with van der Waals surface area (Å²) in [7, 11) is 3.75. The molecule has 6 nitrogen and oxygen atoms in total. The number of nitrogens with zero attached hydrogens (tertiary/aromatic N) is 4. The van der Waals surface area contributed by atoms with Gasteiger partial charge in [0.05, 0.1) is 12.8 Å². The number of anilines is 1. The van der Waals surface area contributed by atoms with Gasteiger partial charge in [0.1, 0.15) is 5.75 Å². The Morgan fingerprint density at radius 2 is 1.76 bits per heavy atom. The molecule has 0 N–H and O–H groups in total. The summed E-state index contributed by atoms with van der Waals surface area (Å²) in [5, 5.41) is 0. The van der Waals surface area contributed by atoms with E-state index in [1.165, 1.54) is 6.42 Å². The summed E-state index contributed by atoms with van der Waals surface area (Å²) in [4.78, 5) is 25.2. The summed E-state index contributed by atoms with van der Waals surface area (Å²) in [6.07, 6.45) is 8.21. The number of amides is 1. The zero-order chi connectivity index (χ0) is 24.0. The molecule has 4 rings (SSSR count). The number of aromatic nitrogens is 1. The van der Waals surface area contributed by atoms with E-state index < -0.39 is 0 Å². The first-order valence-electron chi connectivity index (χ1n) is 12.8. The highest BCUT2D eigenvalue weighted by Crippen LogP contribution is 2.38. The molecule has 0 radical (unpaired) electrons. The molecular weight excluding hydrogens is 424 g/mol. The predicted molar refractivity (Wildman–Crippen MR) is 137 cm³/mol. The minimum Gasteiger partial charge on any atom is -0.495 e. The molecule has 1 aliphatic heterocycles. The second-order valence-corrected chi connectivity index (χ2v) is 10.2. The van der Waals surface area contributed by atoms with Gasteiger partial charge in [-0.05, 0) is 37.1 Å². The van der Waals surface area contributed by atoms with Gasteiger partial charge in [-0.25, -0.2) is 0 Å². The number of carbonyl (C=O) groups excluding carboxylic acids is 1. The lowest BCUT2D eigenvalue weighted by Crippen LogP contribution is -2.54. The number of benzene rings is 1. The number of ether oxygens (including phenoxy) is 1. The van der Waals surface area contributed by atoms with E-state index in [0.29, 0.717) is 5.91 Å². The summed E-state index contributed by atoms with van der Waals surface area (Å²) in [5.41, 5.74) is 1.98. The number of carbonyl (C=O) groups is 1. The van der Waals surface area contributed by atoms with Crippen LogP contribution < -0.4 is 9.64 Å². The molecule has 2 fully saturated rings. The average molecular weight is 465 g/mol. The second kappa shape index (κ2) is 11.2. The molecule has 1 aliphatic carbocycles. The molecule has 2 aliphatic rings. The Bertz CT molecular complexity index is 921. The number of pyridine rings is 1. The monoisotopic (exact) mass is 464 g/mol. The number of hydrogen-bond acceptors (Lipinski definition) is 5. The molecule has 1 atom stereocenters. The van der Waals surface area contributed by atoms with Crippen molar-refractivity contribution in [3.8, 4) is 5.75 Å². The molecule has 2 heterocycles. The second-order valence-electron chi connectivity index (χ2n) is 10.2. The quantitative estimate of drug-likeness (QED) is 0.585. The van der Waals surface area contributed by atoms with Gasteiger partial charge >= 0.3 is 0 Å². The molecule has 184 valence electrons. The van der Waals surface area contributed by atoms with Crippen molar-refractivity contribution in [1.82, 2.24) is 14.8 Å². The normalized spacial score (nSPS) is 19.4. The van der Waals surface area contributed by atoms with E-state index in [9.17, 15) is 4.79 Å². The van der Waals surface area contributed by atoms with Gasteiger partial charge in [0.25, 0.3) is 0 Å². The number of piperazine rings is 1. The fourth-order valence-corrected chi connectivity index (χ4v) is 5.58. The molecule has 2 aromatic rings. The lowest BCUT2D eigenvalue weighted by Gasteiger charge is -2.42. The highest BCUT2D eigenvalue weighted by atomic mass is 16.5. The number of hydrogen-bond donors (Lipinski definition) is 0. The van der Waals surface area contributed by atoms with Gasteiger partial charge in [-0.2, -0.15) is 0 Å². The van der Waals surface area contributed by atoms with Crippen LogP contribution in [0.2, 0.25) is 0 Å². The lowest BCUT2D eigenvalue weighted by atomic mass is 9.74. The van der Waals surface area contributed by atoms with Crippen molar-refractivity contribution >= 4 is 11.6 Å². The van der Waals surface area contributed by atoms with E-state index in [1.807, 2.05) is 42.4 Å². The fraction of sp³-hybridized carbons (Fsp3) is 0.571. The lowest BCUT2D eigenvalue weighted by molar-refractivity contribution is -0.144. The van der Waals surface area contributed by atoms with Crippen molar-refractivity contribution in [3.63, 3.8) is 0 Å². The van der Waals surface area contributed by atoms with Crippen LogP contribution in [0.1, 0.15) is 44.7 Å². The molecule has 1 saturated carbocycles. The molecule has 1 aromatic carbocycles. The average Bonchev–Trinajstić information content (AvgIpc) is 2.89. The van der Waals surface area contributed by atoms with Crippen molar-refractivity contribution in [2.45, 2.75) is 51.5 Å². The van der Waals surface area contributed by atoms with E-state index in [4.69, 9.17) is 4.74 Å². The summed E-state index contributed by atoms with van der Waals surface area (Å²) in [6.45, 7) is 6.88. The standard InChI is InChI=1S/C28H40N4O2/c1-28(14-8-4-9-15-28)27(33)30(2)24(21-23-11-7-10-16-29-23)22-31-17-19-32(20-18-31)25-12-5-6-13-26(25)34-3/h5-7,10-13,16,24H,4,8-9,14-15,17-22H2,1-3H3. The molecule has 1 amide bonds. The van der Waals surface area contributed by atoms with Gasteiger partial charge in [-0.3, -0.25) is 14.7 Å². The fourth-order valence-electron chi connectivity index (χ4n) is 5.58. The van der Waals surface area contributed by atoms with Gasteiger partial charge in [-0.15, -0.1) is 0 Å². The Hall–Kier alpha value is -2.60. The molecule has 0 spiro atoms. The van der Waals surface area contributed by atoms with Crippen LogP contribution in [0.4, 0.5) is 5.69 Å². The van der Waals surface area contributed by atoms with Gasteiger partial charge in [-0.1, -0.05) is 44.4 Å². The number of rotatable bonds is 8. The zero-order valence-corrected chi connectivity index (χ0v) is 21.1. The highest BCUT2D eigenvalue weighted by Gasteiger charge is 2.39. The largest absolute Gasteiger partial charge is 0.495 e. The molecule has 1 aromatic heterocycles. The van der Waals surface area contributed by atoms with Gasteiger partial charge < -0.3 is 14.5 Å². The third kappa shape index (κ3) is 5.72. The SMILES string of the molecule is COc1ccccc1N1CCN(CC(Cc2ccccn2)N(C)C(=O)C2(C)CCCCC2)CC1. The highest BCUT2D eigenvalue weighted by molar-refractivity contribution is 5.82. The first kappa shape index (κ1) is 24.5. The predicted octanol–water partition coefficient (Wildman–Crippen LogP) is 4.25. The van der Waals surface area contributed by atoms with Crippen molar-refractivity contribution in [1.29, 1.82) is 0 Å². The molecule has 6 heteroatoms. The van der Waals surface area contributed by atoms with E-state index in [-0.39, 0.29) is 11.5 Å². The number of para-hydroxylation sites is 2. The van der Waals surface area contributed by atoms with Gasteiger partial charge in [0, 0.05) is 69.5 Å². The van der Waals surface area contributed by atoms with Crippen LogP contribution in [0.3, 0.4) is 0 Å². The van der Waals surface area contributed by atoms with Crippen LogP contribution in [0, 0.1) is 5.41 Å². The molecule has 1 unspecified atom stereocenters. The summed E-state index contributed by atoms with van der Waals surface area (Å²) >= 11 is 0. The maximum atomic E-state index is 13.7. The minimum atomic E-state index is -0.224. The third-order valence-electron chi connectivity index (χ3n) is 7.78. The summed E-state index contributed by atoms with van der Waals surface area (Å²) in [6, 6.07) is 14.4. The Balaban J connectivity index is 1.44. The molecular formula is C28H40N4O2. The maximum absolute atomic E-state index is 13.7. The summed E-state index contributed by atoms with van der Waals surface area (Å²) in [5.74, 6) is 1.23. The zero-order valence-electron chi connectivity index (χ0n) is 21.1. The van der Waals surface area contributed by atoms with Crippen LogP contribution >= 0.6 is 0 Å². The van der Waals surface area contributed by atoms with Crippen LogP contribution in [0.15, 0.2) is 48.7 Å². The Kier molecular flexibility index (Phi) is 8.09. The smallest absolute Gasteiger partial charge is 0.228 e. The Labute approximate surface area is 204 Å². The molecule has 34 heavy (non-hydrogen) atoms. The van der Waals surface area contributed by atoms with Crippen molar-refractivity contribution in [2.75, 3.05) is 51.8 Å². The van der Waals surface area contributed by atoms with E-state index in [0.717, 1.165) is 82.0 Å². The van der Waals surface area contributed by atoms with E-state index in [1.54, 1.807) is 7.11 Å². The Morgan fingerprint density at radius 3 is 2.44 bits per heavy atom. The van der Waals surface area contributed by atoms with E-state index in [2.05, 4.69) is 39.9 Å². The van der Waals surface area contributed by atoms with Gasteiger partial charge in [0.2, 0.25) is 5.91 Å². The first-order valence-corrected chi connectivity index (χ1v) is 12.8. The van der Waals surface area contributed by atoms with Crippen molar-refractivity contribution in [2.24, 2.45) is 5.41 Å². The molecule has 0 bridgehead atoms. The van der Waals surface area contributed by atoms with Gasteiger partial charge in [0.15, 0.2) is 0 Å². The third-order valence-corrected chi connectivity index (χ3v) is 7.78. The van der Waals surface area contributed by atoms with Crippen molar-refractivity contribution < 1.29 is 9.53 Å². The van der Waals surface area contributed by atoms with Crippen LogP contribution in [0.25, 0.3) is 0 Å². The first-order chi connectivity index (χ1) is 16.5. The van der Waals surface area contributed by atoms with Crippen LogP contribution in [-0.4, -0.2) is 73.6 Å².